The Labute approximate surface area is 151 Å². The van der Waals surface area contributed by atoms with Crippen LogP contribution in [0.15, 0.2) is 0 Å². The van der Waals surface area contributed by atoms with Gasteiger partial charge >= 0.3 is 0 Å². The van der Waals surface area contributed by atoms with Crippen molar-refractivity contribution in [1.82, 2.24) is 9.80 Å². The molecule has 4 aliphatic rings. The summed E-state index contributed by atoms with van der Waals surface area (Å²) in [6.45, 7) is 3.08. The van der Waals surface area contributed by atoms with Crippen molar-refractivity contribution in [3.05, 3.63) is 0 Å². The zero-order valence-corrected chi connectivity index (χ0v) is 15.3. The van der Waals surface area contributed by atoms with Gasteiger partial charge in [0, 0.05) is 38.2 Å². The molecule has 0 N–H and O–H groups in total. The number of nitrogens with zero attached hydrogens (tertiary/aromatic N) is 2. The second-order valence-corrected chi connectivity index (χ2v) is 8.46. The topological polar surface area (TPSA) is 49.9 Å². The maximum absolute atomic E-state index is 13.4. The third-order valence-corrected chi connectivity index (χ3v) is 6.48. The Morgan fingerprint density at radius 1 is 0.920 bits per heavy atom. The molecule has 0 aromatic rings. The van der Waals surface area contributed by atoms with Gasteiger partial charge in [0.1, 0.15) is 0 Å². The first-order valence-corrected chi connectivity index (χ1v) is 10.4. The standard InChI is InChI=1S/C20H32N2O3/c23-19(15-9-10-15)21-11-3-5-16(13-21)20(24)22(17-6-1-2-7-17)14-18-8-4-12-25-18/h15-18H,1-14H2/t16-,18+/m0/s1. The molecule has 2 saturated heterocycles. The molecule has 2 aliphatic carbocycles. The first-order valence-electron chi connectivity index (χ1n) is 10.4. The van der Waals surface area contributed by atoms with Crippen LogP contribution in [0.25, 0.3) is 0 Å². The van der Waals surface area contributed by atoms with E-state index in [0.717, 1.165) is 71.1 Å². The number of carbonyl (C=O) groups excluding carboxylic acids is 2. The predicted octanol–water partition coefficient (Wildman–Crippen LogP) is 2.59. The third kappa shape index (κ3) is 4.02. The van der Waals surface area contributed by atoms with E-state index in [-0.39, 0.29) is 23.8 Å². The molecule has 2 amide bonds. The van der Waals surface area contributed by atoms with Gasteiger partial charge < -0.3 is 14.5 Å². The molecule has 2 heterocycles. The minimum absolute atomic E-state index is 0.00143. The SMILES string of the molecule is O=C(C1CC1)N1CCC[C@H](C(=O)N(C[C@H]2CCCO2)C2CCCC2)C1. The number of amides is 2. The van der Waals surface area contributed by atoms with Gasteiger partial charge in [0.15, 0.2) is 0 Å². The largest absolute Gasteiger partial charge is 0.376 e. The zero-order chi connectivity index (χ0) is 17.2. The molecule has 25 heavy (non-hydrogen) atoms. The lowest BCUT2D eigenvalue weighted by Crippen LogP contribution is -2.51. The summed E-state index contributed by atoms with van der Waals surface area (Å²) in [7, 11) is 0. The van der Waals surface area contributed by atoms with Crippen molar-refractivity contribution < 1.29 is 14.3 Å². The highest BCUT2D eigenvalue weighted by Crippen LogP contribution is 2.33. The summed E-state index contributed by atoms with van der Waals surface area (Å²) in [5.41, 5.74) is 0. The summed E-state index contributed by atoms with van der Waals surface area (Å²) in [6, 6.07) is 0.395. The highest BCUT2D eigenvalue weighted by Gasteiger charge is 2.39. The number of piperidine rings is 1. The van der Waals surface area contributed by atoms with Crippen molar-refractivity contribution in [2.24, 2.45) is 11.8 Å². The number of ether oxygens (including phenoxy) is 1. The van der Waals surface area contributed by atoms with E-state index in [0.29, 0.717) is 18.5 Å². The second kappa shape index (κ2) is 7.65. The monoisotopic (exact) mass is 348 g/mol. The van der Waals surface area contributed by atoms with Gasteiger partial charge in [-0.2, -0.15) is 0 Å². The number of hydrogen-bond acceptors (Lipinski definition) is 3. The van der Waals surface area contributed by atoms with E-state index in [1.807, 2.05) is 4.90 Å². The summed E-state index contributed by atoms with van der Waals surface area (Å²) in [4.78, 5) is 29.9. The fourth-order valence-electron chi connectivity index (χ4n) is 4.84. The molecule has 2 atom stereocenters. The Hall–Kier alpha value is -1.10. The number of hydrogen-bond donors (Lipinski definition) is 0. The fourth-order valence-corrected chi connectivity index (χ4v) is 4.84. The molecule has 0 aromatic heterocycles. The molecule has 2 saturated carbocycles. The second-order valence-electron chi connectivity index (χ2n) is 8.46. The maximum Gasteiger partial charge on any atom is 0.227 e. The molecule has 5 nitrogen and oxygen atoms in total. The van der Waals surface area contributed by atoms with Crippen molar-refractivity contribution in [2.45, 2.75) is 76.4 Å². The Morgan fingerprint density at radius 3 is 2.40 bits per heavy atom. The zero-order valence-electron chi connectivity index (χ0n) is 15.3. The molecule has 4 rings (SSSR count). The van der Waals surface area contributed by atoms with Gasteiger partial charge in [0.05, 0.1) is 12.0 Å². The lowest BCUT2D eigenvalue weighted by molar-refractivity contribution is -0.144. The Balaban J connectivity index is 1.41. The van der Waals surface area contributed by atoms with E-state index >= 15 is 0 Å². The van der Waals surface area contributed by atoms with E-state index in [2.05, 4.69) is 4.90 Å². The Kier molecular flexibility index (Phi) is 5.30. The summed E-state index contributed by atoms with van der Waals surface area (Å²) in [5.74, 6) is 0.838. The minimum atomic E-state index is -0.00143. The summed E-state index contributed by atoms with van der Waals surface area (Å²) in [6.07, 6.45) is 11.1. The molecule has 0 spiro atoms. The van der Waals surface area contributed by atoms with Gasteiger partial charge in [-0.3, -0.25) is 9.59 Å². The molecule has 0 radical (unpaired) electrons. The van der Waals surface area contributed by atoms with Crippen LogP contribution < -0.4 is 0 Å². The van der Waals surface area contributed by atoms with E-state index in [1.54, 1.807) is 0 Å². The number of rotatable bonds is 5. The van der Waals surface area contributed by atoms with Crippen molar-refractivity contribution >= 4 is 11.8 Å². The minimum Gasteiger partial charge on any atom is -0.376 e. The summed E-state index contributed by atoms with van der Waals surface area (Å²) < 4.78 is 5.82. The first kappa shape index (κ1) is 17.3. The van der Waals surface area contributed by atoms with Crippen LogP contribution in [0.5, 0.6) is 0 Å². The highest BCUT2D eigenvalue weighted by molar-refractivity contribution is 5.83. The molecular formula is C20H32N2O3. The van der Waals surface area contributed by atoms with Gasteiger partial charge in [-0.1, -0.05) is 12.8 Å². The fraction of sp³-hybridized carbons (Fsp3) is 0.900. The van der Waals surface area contributed by atoms with E-state index < -0.39 is 0 Å². The van der Waals surface area contributed by atoms with Crippen LogP contribution in [-0.4, -0.2) is 60.0 Å². The first-order chi connectivity index (χ1) is 12.2. The van der Waals surface area contributed by atoms with Gasteiger partial charge in [-0.25, -0.2) is 0 Å². The van der Waals surface area contributed by atoms with E-state index in [4.69, 9.17) is 4.74 Å². The molecule has 140 valence electrons. The molecule has 0 bridgehead atoms. The average Bonchev–Trinajstić information content (AvgIpc) is 3.11. The molecule has 5 heteroatoms. The summed E-state index contributed by atoms with van der Waals surface area (Å²) in [5, 5.41) is 0. The molecule has 0 aromatic carbocycles. The molecule has 2 aliphatic heterocycles. The van der Waals surface area contributed by atoms with Gasteiger partial charge in [0.2, 0.25) is 11.8 Å². The lowest BCUT2D eigenvalue weighted by Gasteiger charge is -2.38. The van der Waals surface area contributed by atoms with Crippen LogP contribution in [0.2, 0.25) is 0 Å². The van der Waals surface area contributed by atoms with E-state index in [9.17, 15) is 9.59 Å². The maximum atomic E-state index is 13.4. The van der Waals surface area contributed by atoms with Crippen LogP contribution in [0.3, 0.4) is 0 Å². The molecule has 0 unspecified atom stereocenters. The van der Waals surface area contributed by atoms with Crippen LogP contribution in [0.4, 0.5) is 0 Å². The third-order valence-electron chi connectivity index (χ3n) is 6.48. The van der Waals surface area contributed by atoms with Crippen LogP contribution >= 0.6 is 0 Å². The van der Waals surface area contributed by atoms with Crippen molar-refractivity contribution in [3.63, 3.8) is 0 Å². The molecule has 4 fully saturated rings. The van der Waals surface area contributed by atoms with E-state index in [1.165, 1.54) is 12.8 Å². The van der Waals surface area contributed by atoms with Gasteiger partial charge in [-0.15, -0.1) is 0 Å². The predicted molar refractivity (Wildman–Crippen MR) is 95.0 cm³/mol. The van der Waals surface area contributed by atoms with Crippen LogP contribution in [-0.2, 0) is 14.3 Å². The number of carbonyl (C=O) groups is 2. The van der Waals surface area contributed by atoms with Crippen LogP contribution in [0.1, 0.15) is 64.2 Å². The highest BCUT2D eigenvalue weighted by atomic mass is 16.5. The van der Waals surface area contributed by atoms with Crippen molar-refractivity contribution in [3.8, 4) is 0 Å². The Bertz CT molecular complexity index is 493. The summed E-state index contributed by atoms with van der Waals surface area (Å²) >= 11 is 0. The van der Waals surface area contributed by atoms with Crippen molar-refractivity contribution in [2.75, 3.05) is 26.2 Å². The molecular weight excluding hydrogens is 316 g/mol. The quantitative estimate of drug-likeness (QED) is 0.767. The van der Waals surface area contributed by atoms with Crippen molar-refractivity contribution in [1.29, 1.82) is 0 Å². The van der Waals surface area contributed by atoms with Gasteiger partial charge in [-0.05, 0) is 51.4 Å². The average molecular weight is 348 g/mol. The Morgan fingerprint density at radius 2 is 1.72 bits per heavy atom. The van der Waals surface area contributed by atoms with Gasteiger partial charge in [0.25, 0.3) is 0 Å². The smallest absolute Gasteiger partial charge is 0.227 e. The number of likely N-dealkylation sites (tertiary alicyclic amines) is 1. The van der Waals surface area contributed by atoms with Crippen LogP contribution in [0, 0.1) is 11.8 Å². The normalized spacial score (nSPS) is 30.6. The lowest BCUT2D eigenvalue weighted by atomic mass is 9.95.